The molecule has 3 amide bonds. The summed E-state index contributed by atoms with van der Waals surface area (Å²) in [5.41, 5.74) is 0.215. The Morgan fingerprint density at radius 1 is 1.00 bits per heavy atom. The zero-order chi connectivity index (χ0) is 36.4. The Labute approximate surface area is 295 Å². The molecule has 0 bridgehead atoms. The molecule has 0 radical (unpaired) electrons. The predicted octanol–water partition coefficient (Wildman–Crippen LogP) is 5.01. The number of hydrogen-bond donors (Lipinski definition) is 2. The first-order chi connectivity index (χ1) is 24.3. The summed E-state index contributed by atoms with van der Waals surface area (Å²) in [7, 11) is 0. The predicted molar refractivity (Wildman–Crippen MR) is 181 cm³/mol. The number of nitrogens with zero attached hydrogens (tertiary/aromatic N) is 5. The number of imidazole rings is 1. The molecule has 5 unspecified atom stereocenters. The summed E-state index contributed by atoms with van der Waals surface area (Å²) in [6, 6.07) is 11.3. The van der Waals surface area contributed by atoms with E-state index in [1.165, 1.54) is 14.7 Å². The van der Waals surface area contributed by atoms with Gasteiger partial charge in [0.1, 0.15) is 29.2 Å². The molecule has 0 spiro atoms. The van der Waals surface area contributed by atoms with Crippen molar-refractivity contribution in [3.05, 3.63) is 77.8 Å². The molecule has 3 fully saturated rings. The third kappa shape index (κ3) is 8.50. The minimum Gasteiger partial charge on any atom is -0.444 e. The summed E-state index contributed by atoms with van der Waals surface area (Å²) in [5.74, 6) is -1.98. The molecule has 5 atom stereocenters. The summed E-state index contributed by atoms with van der Waals surface area (Å²) in [6.07, 6.45) is -1.79. The molecule has 3 aromatic rings. The molecular formula is C37H46F3N5O6. The van der Waals surface area contributed by atoms with Crippen LogP contribution in [0.4, 0.5) is 22.8 Å². The van der Waals surface area contributed by atoms with E-state index in [0.717, 1.165) is 23.8 Å². The largest absolute Gasteiger partial charge is 0.444 e. The van der Waals surface area contributed by atoms with E-state index in [2.05, 4.69) is 0 Å². The van der Waals surface area contributed by atoms with Crippen LogP contribution in [-0.2, 0) is 16.0 Å². The number of alkyl halides is 1. The molecule has 6 rings (SSSR count). The lowest BCUT2D eigenvalue weighted by molar-refractivity contribution is 0.0195. The molecule has 1 aromatic heterocycles. The van der Waals surface area contributed by atoms with Crippen LogP contribution in [0.3, 0.4) is 0 Å². The van der Waals surface area contributed by atoms with Gasteiger partial charge in [0.25, 0.3) is 0 Å². The van der Waals surface area contributed by atoms with Crippen LogP contribution < -0.4 is 0 Å². The molecule has 51 heavy (non-hydrogen) atoms. The van der Waals surface area contributed by atoms with E-state index in [-0.39, 0.29) is 56.4 Å². The van der Waals surface area contributed by atoms with Gasteiger partial charge in [-0.25, -0.2) is 27.7 Å². The number of likely N-dealkylation sites (tertiary alicyclic amines) is 2. The number of halogens is 3. The zero-order valence-electron chi connectivity index (χ0n) is 29.1. The van der Waals surface area contributed by atoms with E-state index in [0.29, 0.717) is 31.9 Å². The summed E-state index contributed by atoms with van der Waals surface area (Å²) in [6.45, 7) is 5.63. The van der Waals surface area contributed by atoms with Crippen molar-refractivity contribution in [3.8, 4) is 11.3 Å². The maximum Gasteiger partial charge on any atom is 0.410 e. The molecule has 0 saturated carbocycles. The standard InChI is InChI=1S/C37H46F3N5O6/c1-37(2,3)51-36(49)44-17-25(29(40)19-44)18-45(35(48)43-21-31(46)32(47)22-43)33(24-11-13-50-14-12-24)34-41-30(27-15-26(38)9-10-28(27)39)20-42(34)16-23-7-5-4-6-8-23/h4-10,15,20,24-25,29,31-33,46-47H,11-14,16-19,21-22H2,1-3H3. The number of β-amino-alcohol motifs (C(OH)–C–C–N with tert-alkyl or cyclic N) is 2. The second kappa shape index (κ2) is 15.2. The molecule has 3 aliphatic rings. The minimum absolute atomic E-state index is 0.0101. The SMILES string of the molecule is CC(C)(C)OC(=O)N1CC(F)C(CN(C(=O)N2CC(O)C(O)C2)C(c2nc(-c3cc(F)ccc3F)cn2Cc2ccccc2)C2CCOCC2)C1. The maximum absolute atomic E-state index is 15.9. The van der Waals surface area contributed by atoms with E-state index in [1.54, 1.807) is 27.0 Å². The fourth-order valence-electron chi connectivity index (χ4n) is 7.18. The second-order valence-electron chi connectivity index (χ2n) is 14.8. The second-order valence-corrected chi connectivity index (χ2v) is 14.8. The van der Waals surface area contributed by atoms with Gasteiger partial charge in [0.15, 0.2) is 0 Å². The highest BCUT2D eigenvalue weighted by atomic mass is 19.1. The van der Waals surface area contributed by atoms with Gasteiger partial charge in [0, 0.05) is 50.5 Å². The topological polar surface area (TPSA) is 121 Å². The Morgan fingerprint density at radius 3 is 2.35 bits per heavy atom. The fraction of sp³-hybridized carbons (Fsp3) is 0.541. The van der Waals surface area contributed by atoms with Gasteiger partial charge < -0.3 is 39.0 Å². The molecule has 3 aliphatic heterocycles. The molecule has 4 heterocycles. The van der Waals surface area contributed by atoms with Crippen molar-refractivity contribution in [1.82, 2.24) is 24.3 Å². The van der Waals surface area contributed by atoms with Crippen LogP contribution in [0.15, 0.2) is 54.7 Å². The van der Waals surface area contributed by atoms with Crippen molar-refractivity contribution in [2.24, 2.45) is 11.8 Å². The van der Waals surface area contributed by atoms with Crippen molar-refractivity contribution in [3.63, 3.8) is 0 Å². The molecular weight excluding hydrogens is 667 g/mol. The van der Waals surface area contributed by atoms with Crippen molar-refractivity contribution < 1.29 is 42.4 Å². The highest BCUT2D eigenvalue weighted by Crippen LogP contribution is 2.39. The number of amides is 3. The lowest BCUT2D eigenvalue weighted by atomic mass is 9.89. The minimum atomic E-state index is -1.49. The Morgan fingerprint density at radius 2 is 1.69 bits per heavy atom. The first-order valence-corrected chi connectivity index (χ1v) is 17.4. The number of carbonyl (C=O) groups is 2. The lowest BCUT2D eigenvalue weighted by Crippen LogP contribution is -2.50. The van der Waals surface area contributed by atoms with E-state index < -0.39 is 59.7 Å². The zero-order valence-corrected chi connectivity index (χ0v) is 29.1. The van der Waals surface area contributed by atoms with E-state index in [4.69, 9.17) is 14.5 Å². The van der Waals surface area contributed by atoms with Crippen LogP contribution >= 0.6 is 0 Å². The number of carbonyl (C=O) groups excluding carboxylic acids is 2. The lowest BCUT2D eigenvalue weighted by Gasteiger charge is -2.41. The van der Waals surface area contributed by atoms with Gasteiger partial charge in [0.05, 0.1) is 43.6 Å². The number of aliphatic hydroxyl groups is 2. The van der Waals surface area contributed by atoms with Gasteiger partial charge in [0.2, 0.25) is 0 Å². The van der Waals surface area contributed by atoms with Crippen LogP contribution in [0.5, 0.6) is 0 Å². The number of hydrogen-bond acceptors (Lipinski definition) is 7. The number of benzene rings is 2. The van der Waals surface area contributed by atoms with Gasteiger partial charge in [-0.15, -0.1) is 0 Å². The van der Waals surface area contributed by atoms with E-state index in [1.807, 2.05) is 34.9 Å². The third-order valence-corrected chi connectivity index (χ3v) is 9.74. The Balaban J connectivity index is 1.45. The van der Waals surface area contributed by atoms with Crippen LogP contribution in [0.25, 0.3) is 11.3 Å². The van der Waals surface area contributed by atoms with Crippen molar-refractivity contribution in [1.29, 1.82) is 0 Å². The molecule has 2 N–H and O–H groups in total. The van der Waals surface area contributed by atoms with Crippen LogP contribution in [0.1, 0.15) is 51.0 Å². The number of aliphatic hydroxyl groups excluding tert-OH is 2. The highest BCUT2D eigenvalue weighted by Gasteiger charge is 2.45. The van der Waals surface area contributed by atoms with Crippen LogP contribution in [0.2, 0.25) is 0 Å². The molecule has 11 nitrogen and oxygen atoms in total. The molecule has 2 aromatic carbocycles. The number of aromatic nitrogens is 2. The van der Waals surface area contributed by atoms with Crippen molar-refractivity contribution >= 4 is 12.1 Å². The molecule has 276 valence electrons. The molecule has 14 heteroatoms. The van der Waals surface area contributed by atoms with Gasteiger partial charge in [-0.3, -0.25) is 0 Å². The summed E-state index contributed by atoms with van der Waals surface area (Å²) in [5, 5.41) is 20.8. The highest BCUT2D eigenvalue weighted by molar-refractivity contribution is 5.76. The van der Waals surface area contributed by atoms with Crippen molar-refractivity contribution in [2.75, 3.05) is 45.9 Å². The normalized spacial score (nSPS) is 23.5. The quantitative estimate of drug-likeness (QED) is 0.337. The Kier molecular flexibility index (Phi) is 10.9. The summed E-state index contributed by atoms with van der Waals surface area (Å²) >= 11 is 0. The Hall–Kier alpha value is -4.14. The van der Waals surface area contributed by atoms with Gasteiger partial charge in [-0.05, 0) is 63.3 Å². The average molecular weight is 714 g/mol. The Bertz CT molecular complexity index is 1670. The van der Waals surface area contributed by atoms with E-state index in [9.17, 15) is 24.2 Å². The summed E-state index contributed by atoms with van der Waals surface area (Å²) < 4.78 is 58.7. The molecule has 0 aliphatic carbocycles. The first kappa shape index (κ1) is 36.6. The van der Waals surface area contributed by atoms with Crippen LogP contribution in [-0.4, -0.2) is 117 Å². The third-order valence-electron chi connectivity index (χ3n) is 9.74. The maximum atomic E-state index is 15.9. The summed E-state index contributed by atoms with van der Waals surface area (Å²) in [4.78, 5) is 36.7. The van der Waals surface area contributed by atoms with Gasteiger partial charge in [-0.1, -0.05) is 30.3 Å². The average Bonchev–Trinajstić information content (AvgIpc) is 3.78. The van der Waals surface area contributed by atoms with Crippen LogP contribution in [0, 0.1) is 23.5 Å². The van der Waals surface area contributed by atoms with Crippen molar-refractivity contribution in [2.45, 2.75) is 70.2 Å². The first-order valence-electron chi connectivity index (χ1n) is 17.4. The fourth-order valence-corrected chi connectivity index (χ4v) is 7.18. The van der Waals surface area contributed by atoms with Gasteiger partial charge >= 0.3 is 12.1 Å². The monoisotopic (exact) mass is 713 g/mol. The van der Waals surface area contributed by atoms with Gasteiger partial charge in [-0.2, -0.15) is 0 Å². The smallest absolute Gasteiger partial charge is 0.410 e. The number of ether oxygens (including phenoxy) is 2. The number of rotatable bonds is 8. The number of urea groups is 1. The molecule has 3 saturated heterocycles. The van der Waals surface area contributed by atoms with E-state index >= 15 is 8.78 Å².